The molecule has 0 aliphatic heterocycles. The Bertz CT molecular complexity index is 511. The lowest BCUT2D eigenvalue weighted by Gasteiger charge is -2.16. The Morgan fingerprint density at radius 2 is 2.16 bits per heavy atom. The molecule has 0 saturated carbocycles. The third-order valence-electron chi connectivity index (χ3n) is 2.84. The molecule has 1 heterocycles. The fourth-order valence-electron chi connectivity index (χ4n) is 1.87. The van der Waals surface area contributed by atoms with Crippen LogP contribution in [0.5, 0.6) is 11.5 Å². The maximum absolute atomic E-state index is 5.49. The minimum atomic E-state index is 0.144. The van der Waals surface area contributed by atoms with E-state index < -0.39 is 0 Å². The first-order valence-electron chi connectivity index (χ1n) is 6.31. The monoisotopic (exact) mass is 261 g/mol. The number of aromatic amines is 1. The van der Waals surface area contributed by atoms with E-state index in [1.54, 1.807) is 13.3 Å². The molecule has 19 heavy (non-hydrogen) atoms. The fourth-order valence-corrected chi connectivity index (χ4v) is 1.87. The minimum Gasteiger partial charge on any atom is -0.493 e. The summed E-state index contributed by atoms with van der Waals surface area (Å²) in [7, 11) is 1.64. The molecular weight excluding hydrogens is 242 g/mol. The number of nitrogens with zero attached hydrogens (tertiary/aromatic N) is 1. The molecule has 1 atom stereocenters. The molecular formula is C14H19N3O2. The summed E-state index contributed by atoms with van der Waals surface area (Å²) in [6.07, 6.45) is 1.74. The van der Waals surface area contributed by atoms with E-state index >= 15 is 0 Å². The molecule has 0 amide bonds. The number of rotatable bonds is 6. The normalized spacial score (nSPS) is 11.9. The predicted octanol–water partition coefficient (Wildman–Crippen LogP) is 2.99. The largest absolute Gasteiger partial charge is 0.493 e. The molecule has 0 aliphatic carbocycles. The highest BCUT2D eigenvalue weighted by molar-refractivity contribution is 5.55. The van der Waals surface area contributed by atoms with Crippen LogP contribution in [0.4, 0.5) is 5.69 Å². The van der Waals surface area contributed by atoms with E-state index in [4.69, 9.17) is 9.47 Å². The van der Waals surface area contributed by atoms with Crippen LogP contribution < -0.4 is 14.8 Å². The molecule has 0 spiro atoms. The SMILES string of the molecule is CCOc1ccc(NC(C)c2ccn[nH]2)cc1OC. The van der Waals surface area contributed by atoms with Crippen LogP contribution in [0.2, 0.25) is 0 Å². The maximum Gasteiger partial charge on any atom is 0.162 e. The van der Waals surface area contributed by atoms with Gasteiger partial charge in [-0.05, 0) is 32.0 Å². The van der Waals surface area contributed by atoms with E-state index in [0.717, 1.165) is 22.9 Å². The van der Waals surface area contributed by atoms with E-state index in [9.17, 15) is 0 Å². The van der Waals surface area contributed by atoms with Gasteiger partial charge in [-0.15, -0.1) is 0 Å². The van der Waals surface area contributed by atoms with Crippen molar-refractivity contribution in [3.63, 3.8) is 0 Å². The molecule has 5 heteroatoms. The van der Waals surface area contributed by atoms with E-state index in [1.165, 1.54) is 0 Å². The van der Waals surface area contributed by atoms with E-state index in [0.29, 0.717) is 6.61 Å². The number of benzene rings is 1. The fraction of sp³-hybridized carbons (Fsp3) is 0.357. The topological polar surface area (TPSA) is 59.2 Å². The van der Waals surface area contributed by atoms with Crippen molar-refractivity contribution >= 4 is 5.69 Å². The van der Waals surface area contributed by atoms with Crippen molar-refractivity contribution in [2.24, 2.45) is 0 Å². The number of anilines is 1. The lowest BCUT2D eigenvalue weighted by Crippen LogP contribution is -2.07. The smallest absolute Gasteiger partial charge is 0.162 e. The van der Waals surface area contributed by atoms with E-state index in [-0.39, 0.29) is 6.04 Å². The van der Waals surface area contributed by atoms with Gasteiger partial charge in [0.1, 0.15) is 0 Å². The predicted molar refractivity (Wildman–Crippen MR) is 74.8 cm³/mol. The van der Waals surface area contributed by atoms with Crippen LogP contribution in [0.3, 0.4) is 0 Å². The molecule has 0 radical (unpaired) electrons. The van der Waals surface area contributed by atoms with Crippen molar-refractivity contribution in [1.29, 1.82) is 0 Å². The summed E-state index contributed by atoms with van der Waals surface area (Å²) in [5.41, 5.74) is 2.01. The van der Waals surface area contributed by atoms with Gasteiger partial charge in [0.15, 0.2) is 11.5 Å². The number of ether oxygens (including phenoxy) is 2. The molecule has 0 fully saturated rings. The van der Waals surface area contributed by atoms with Gasteiger partial charge in [-0.1, -0.05) is 0 Å². The number of H-pyrrole nitrogens is 1. The van der Waals surface area contributed by atoms with Crippen LogP contribution >= 0.6 is 0 Å². The molecule has 1 aromatic heterocycles. The first-order chi connectivity index (χ1) is 9.24. The minimum absolute atomic E-state index is 0.144. The van der Waals surface area contributed by atoms with Crippen LogP contribution in [0.15, 0.2) is 30.5 Å². The highest BCUT2D eigenvalue weighted by Crippen LogP contribution is 2.31. The van der Waals surface area contributed by atoms with Crippen molar-refractivity contribution in [1.82, 2.24) is 10.2 Å². The second-order valence-electron chi connectivity index (χ2n) is 4.18. The molecule has 1 aromatic carbocycles. The Kier molecular flexibility index (Phi) is 4.28. The summed E-state index contributed by atoms with van der Waals surface area (Å²) in [6.45, 7) is 4.63. The summed E-state index contributed by atoms with van der Waals surface area (Å²) < 4.78 is 10.8. The van der Waals surface area contributed by atoms with Crippen molar-refractivity contribution < 1.29 is 9.47 Å². The number of aromatic nitrogens is 2. The lowest BCUT2D eigenvalue weighted by atomic mass is 10.2. The van der Waals surface area contributed by atoms with Gasteiger partial charge in [-0.2, -0.15) is 5.10 Å². The van der Waals surface area contributed by atoms with Crippen LogP contribution in [0.25, 0.3) is 0 Å². The Hall–Kier alpha value is -2.17. The highest BCUT2D eigenvalue weighted by Gasteiger charge is 2.09. The summed E-state index contributed by atoms with van der Waals surface area (Å²) in [5.74, 6) is 1.48. The standard InChI is InChI=1S/C14H19N3O2/c1-4-19-13-6-5-11(9-14(13)18-3)16-10(2)12-7-8-15-17-12/h5-10,16H,4H2,1-3H3,(H,15,17). The molecule has 2 aromatic rings. The van der Waals surface area contributed by atoms with Gasteiger partial charge in [0.25, 0.3) is 0 Å². The van der Waals surface area contributed by atoms with Crippen molar-refractivity contribution in [2.45, 2.75) is 19.9 Å². The zero-order chi connectivity index (χ0) is 13.7. The Balaban J connectivity index is 2.12. The second-order valence-corrected chi connectivity index (χ2v) is 4.18. The van der Waals surface area contributed by atoms with Gasteiger partial charge >= 0.3 is 0 Å². The second kappa shape index (κ2) is 6.13. The highest BCUT2D eigenvalue weighted by atomic mass is 16.5. The Morgan fingerprint density at radius 3 is 2.79 bits per heavy atom. The quantitative estimate of drug-likeness (QED) is 0.839. The summed E-state index contributed by atoms with van der Waals surface area (Å²) in [6, 6.07) is 7.90. The average Bonchev–Trinajstić information content (AvgIpc) is 2.94. The van der Waals surface area contributed by atoms with Crippen molar-refractivity contribution in [2.75, 3.05) is 19.0 Å². The van der Waals surface area contributed by atoms with Crippen molar-refractivity contribution in [3.05, 3.63) is 36.2 Å². The Morgan fingerprint density at radius 1 is 1.32 bits per heavy atom. The molecule has 1 unspecified atom stereocenters. The van der Waals surface area contributed by atoms with Gasteiger partial charge in [-0.25, -0.2) is 0 Å². The first kappa shape index (κ1) is 13.3. The van der Waals surface area contributed by atoms with Crippen molar-refractivity contribution in [3.8, 4) is 11.5 Å². The molecule has 0 bridgehead atoms. The van der Waals surface area contributed by atoms with Crippen LogP contribution in [0, 0.1) is 0 Å². The van der Waals surface area contributed by atoms with Gasteiger partial charge < -0.3 is 14.8 Å². The average molecular weight is 261 g/mol. The molecule has 102 valence electrons. The summed E-state index contributed by atoms with van der Waals surface area (Å²) in [4.78, 5) is 0. The molecule has 2 rings (SSSR count). The molecule has 2 N–H and O–H groups in total. The summed E-state index contributed by atoms with van der Waals surface area (Å²) in [5, 5.41) is 10.3. The third-order valence-corrected chi connectivity index (χ3v) is 2.84. The van der Waals surface area contributed by atoms with Crippen LogP contribution in [-0.2, 0) is 0 Å². The van der Waals surface area contributed by atoms with E-state index in [2.05, 4.69) is 22.4 Å². The molecule has 5 nitrogen and oxygen atoms in total. The van der Waals surface area contributed by atoms with E-state index in [1.807, 2.05) is 31.2 Å². The van der Waals surface area contributed by atoms with Gasteiger partial charge in [0, 0.05) is 18.0 Å². The maximum atomic E-state index is 5.49. The number of hydrogen-bond acceptors (Lipinski definition) is 4. The van der Waals surface area contributed by atoms with Crippen LogP contribution in [0.1, 0.15) is 25.6 Å². The first-order valence-corrected chi connectivity index (χ1v) is 6.31. The molecule has 0 saturated heterocycles. The number of methoxy groups -OCH3 is 1. The van der Waals surface area contributed by atoms with Gasteiger partial charge in [0.2, 0.25) is 0 Å². The van der Waals surface area contributed by atoms with Crippen LogP contribution in [-0.4, -0.2) is 23.9 Å². The summed E-state index contributed by atoms with van der Waals surface area (Å²) >= 11 is 0. The Labute approximate surface area is 112 Å². The number of hydrogen-bond donors (Lipinski definition) is 2. The van der Waals surface area contributed by atoms with Gasteiger partial charge in [0.05, 0.1) is 25.5 Å². The number of nitrogens with one attached hydrogen (secondary N) is 2. The molecule has 0 aliphatic rings. The third kappa shape index (κ3) is 3.19. The lowest BCUT2D eigenvalue weighted by molar-refractivity contribution is 0.311. The zero-order valence-electron chi connectivity index (χ0n) is 11.4. The van der Waals surface area contributed by atoms with Gasteiger partial charge in [-0.3, -0.25) is 5.10 Å². The zero-order valence-corrected chi connectivity index (χ0v) is 11.4.